The molecule has 0 unspecified atom stereocenters. The summed E-state index contributed by atoms with van der Waals surface area (Å²) < 4.78 is 38.3. The highest BCUT2D eigenvalue weighted by Crippen LogP contribution is 2.32. The number of benzene rings is 1. The van der Waals surface area contributed by atoms with E-state index in [-0.39, 0.29) is 5.56 Å². The molecule has 3 nitrogen and oxygen atoms in total. The molecular formula is C19H28F2O3. The Kier molecular flexibility index (Phi) is 7.92. The first-order valence-corrected chi connectivity index (χ1v) is 9.03. The fourth-order valence-electron chi connectivity index (χ4n) is 3.02. The molecule has 0 saturated carbocycles. The highest BCUT2D eigenvalue weighted by molar-refractivity contribution is 5.30. The molecule has 0 spiro atoms. The Morgan fingerprint density at radius 2 is 1.58 bits per heavy atom. The van der Waals surface area contributed by atoms with Gasteiger partial charge in [0.25, 0.3) is 0 Å². The molecule has 24 heavy (non-hydrogen) atoms. The summed E-state index contributed by atoms with van der Waals surface area (Å²) in [7, 11) is 0. The normalized spacial score (nSPS) is 21.1. The number of phenols is 1. The van der Waals surface area contributed by atoms with Gasteiger partial charge in [-0.1, -0.05) is 51.9 Å². The minimum Gasteiger partial charge on any atom is -0.505 e. The lowest BCUT2D eigenvalue weighted by atomic mass is 10.0. The summed E-state index contributed by atoms with van der Waals surface area (Å²) >= 11 is 0. The van der Waals surface area contributed by atoms with Crippen LogP contribution in [-0.2, 0) is 9.47 Å². The van der Waals surface area contributed by atoms with Crippen LogP contribution in [0.3, 0.4) is 0 Å². The van der Waals surface area contributed by atoms with Crippen LogP contribution in [0, 0.1) is 17.6 Å². The number of halogens is 2. The molecule has 1 heterocycles. The molecule has 0 amide bonds. The van der Waals surface area contributed by atoms with E-state index in [0.29, 0.717) is 19.1 Å². The van der Waals surface area contributed by atoms with Crippen LogP contribution in [0.4, 0.5) is 8.78 Å². The molecule has 1 aromatic rings. The third kappa shape index (κ3) is 5.42. The standard InChI is InChI=1S/C19H28F2O3/c1-2-3-4-5-6-7-8-9-14-12-23-19(24-13-14)15-10-11-16(22)18(21)17(15)20/h10-11,14,19,22H,2-9,12-13H2,1H3. The SMILES string of the molecule is CCCCCCCCCC1COC(c2ccc(O)c(F)c2F)OC1. The molecule has 0 bridgehead atoms. The lowest BCUT2D eigenvalue weighted by Crippen LogP contribution is -2.27. The molecule has 5 heteroatoms. The maximum absolute atomic E-state index is 13.8. The van der Waals surface area contributed by atoms with E-state index in [1.165, 1.54) is 44.6 Å². The van der Waals surface area contributed by atoms with Crippen LogP contribution in [-0.4, -0.2) is 18.3 Å². The van der Waals surface area contributed by atoms with Crippen molar-refractivity contribution in [1.82, 2.24) is 0 Å². The van der Waals surface area contributed by atoms with E-state index in [1.54, 1.807) is 0 Å². The number of unbranched alkanes of at least 4 members (excludes halogenated alkanes) is 6. The van der Waals surface area contributed by atoms with Crippen molar-refractivity contribution < 1.29 is 23.4 Å². The number of hydrogen-bond donors (Lipinski definition) is 1. The van der Waals surface area contributed by atoms with Gasteiger partial charge in [0, 0.05) is 11.5 Å². The summed E-state index contributed by atoms with van der Waals surface area (Å²) in [6, 6.07) is 2.42. The van der Waals surface area contributed by atoms with Crippen LogP contribution in [0.25, 0.3) is 0 Å². The van der Waals surface area contributed by atoms with E-state index >= 15 is 0 Å². The van der Waals surface area contributed by atoms with E-state index in [0.717, 1.165) is 18.9 Å². The first-order chi connectivity index (χ1) is 11.6. The zero-order valence-electron chi connectivity index (χ0n) is 14.4. The summed E-state index contributed by atoms with van der Waals surface area (Å²) in [5.74, 6) is -2.76. The lowest BCUT2D eigenvalue weighted by Gasteiger charge is -2.30. The molecule has 1 fully saturated rings. The minimum absolute atomic E-state index is 0.000302. The molecule has 1 saturated heterocycles. The van der Waals surface area contributed by atoms with Gasteiger partial charge in [0.05, 0.1) is 13.2 Å². The van der Waals surface area contributed by atoms with Crippen molar-refractivity contribution >= 4 is 0 Å². The van der Waals surface area contributed by atoms with Crippen molar-refractivity contribution in [2.24, 2.45) is 5.92 Å². The van der Waals surface area contributed by atoms with Crippen LogP contribution in [0.1, 0.15) is 70.1 Å². The van der Waals surface area contributed by atoms with Crippen LogP contribution < -0.4 is 0 Å². The number of hydrogen-bond acceptors (Lipinski definition) is 3. The van der Waals surface area contributed by atoms with Crippen LogP contribution in [0.5, 0.6) is 5.75 Å². The van der Waals surface area contributed by atoms with E-state index in [4.69, 9.17) is 14.6 Å². The van der Waals surface area contributed by atoms with Gasteiger partial charge in [-0.05, 0) is 18.6 Å². The van der Waals surface area contributed by atoms with Crippen LogP contribution in [0.15, 0.2) is 12.1 Å². The van der Waals surface area contributed by atoms with Crippen molar-refractivity contribution in [3.05, 3.63) is 29.3 Å². The maximum Gasteiger partial charge on any atom is 0.200 e. The summed E-state index contributed by atoms with van der Waals surface area (Å²) in [5.41, 5.74) is -0.000302. The van der Waals surface area contributed by atoms with E-state index in [9.17, 15) is 8.78 Å². The number of ether oxygens (including phenoxy) is 2. The van der Waals surface area contributed by atoms with Crippen molar-refractivity contribution in [1.29, 1.82) is 0 Å². The third-order valence-electron chi connectivity index (χ3n) is 4.53. The highest BCUT2D eigenvalue weighted by Gasteiger charge is 2.27. The average molecular weight is 342 g/mol. The fraction of sp³-hybridized carbons (Fsp3) is 0.684. The Morgan fingerprint density at radius 1 is 0.958 bits per heavy atom. The number of aromatic hydroxyl groups is 1. The zero-order chi connectivity index (χ0) is 17.4. The van der Waals surface area contributed by atoms with Gasteiger partial charge in [0.15, 0.2) is 17.9 Å². The van der Waals surface area contributed by atoms with Crippen LogP contribution in [0.2, 0.25) is 0 Å². The molecule has 0 aromatic heterocycles. The second kappa shape index (κ2) is 9.94. The van der Waals surface area contributed by atoms with Crippen molar-refractivity contribution in [2.45, 2.75) is 64.6 Å². The molecule has 1 N–H and O–H groups in total. The largest absolute Gasteiger partial charge is 0.505 e. The topological polar surface area (TPSA) is 38.7 Å². The molecule has 1 aliphatic heterocycles. The van der Waals surface area contributed by atoms with Gasteiger partial charge in [-0.2, -0.15) is 4.39 Å². The Balaban J connectivity index is 1.68. The summed E-state index contributed by atoms with van der Waals surface area (Å²) in [5, 5.41) is 9.16. The van der Waals surface area contributed by atoms with Gasteiger partial charge in [-0.15, -0.1) is 0 Å². The summed E-state index contributed by atoms with van der Waals surface area (Å²) in [4.78, 5) is 0. The van der Waals surface area contributed by atoms with Crippen molar-refractivity contribution in [3.63, 3.8) is 0 Å². The predicted molar refractivity (Wildman–Crippen MR) is 88.8 cm³/mol. The second-order valence-electron chi connectivity index (χ2n) is 6.58. The smallest absolute Gasteiger partial charge is 0.200 e. The molecule has 0 aliphatic carbocycles. The first-order valence-electron chi connectivity index (χ1n) is 9.03. The molecule has 136 valence electrons. The van der Waals surface area contributed by atoms with Crippen molar-refractivity contribution in [3.8, 4) is 5.75 Å². The van der Waals surface area contributed by atoms with Crippen molar-refractivity contribution in [2.75, 3.05) is 13.2 Å². The van der Waals surface area contributed by atoms with E-state index in [1.807, 2.05) is 0 Å². The first kappa shape index (κ1) is 19.1. The van der Waals surface area contributed by atoms with Gasteiger partial charge >= 0.3 is 0 Å². The Bertz CT molecular complexity index is 500. The molecular weight excluding hydrogens is 314 g/mol. The van der Waals surface area contributed by atoms with Gasteiger partial charge < -0.3 is 14.6 Å². The predicted octanol–water partition coefficient (Wildman–Crippen LogP) is 5.47. The maximum atomic E-state index is 13.8. The molecule has 0 radical (unpaired) electrons. The Morgan fingerprint density at radius 3 is 2.25 bits per heavy atom. The molecule has 1 aliphatic rings. The second-order valence-corrected chi connectivity index (χ2v) is 6.58. The lowest BCUT2D eigenvalue weighted by molar-refractivity contribution is -0.207. The average Bonchev–Trinajstić information content (AvgIpc) is 2.60. The van der Waals surface area contributed by atoms with E-state index in [2.05, 4.69) is 6.92 Å². The summed E-state index contributed by atoms with van der Waals surface area (Å²) in [6.45, 7) is 3.19. The van der Waals surface area contributed by atoms with Crippen LogP contribution >= 0.6 is 0 Å². The summed E-state index contributed by atoms with van der Waals surface area (Å²) in [6.07, 6.45) is 9.00. The quantitative estimate of drug-likeness (QED) is 0.605. The Labute approximate surface area is 143 Å². The number of rotatable bonds is 9. The molecule has 1 aromatic carbocycles. The number of phenolic OH excluding ortho intramolecular Hbond substituents is 1. The monoisotopic (exact) mass is 342 g/mol. The van der Waals surface area contributed by atoms with Gasteiger partial charge in [-0.25, -0.2) is 4.39 Å². The van der Waals surface area contributed by atoms with Gasteiger partial charge in [0.2, 0.25) is 5.82 Å². The highest BCUT2D eigenvalue weighted by atomic mass is 19.2. The molecule has 0 atom stereocenters. The fourth-order valence-corrected chi connectivity index (χ4v) is 3.02. The minimum atomic E-state index is -1.26. The van der Waals surface area contributed by atoms with Gasteiger partial charge in [0.1, 0.15) is 0 Å². The zero-order valence-corrected chi connectivity index (χ0v) is 14.4. The molecule has 2 rings (SSSR count). The third-order valence-corrected chi connectivity index (χ3v) is 4.53. The Hall–Kier alpha value is -1.20. The van der Waals surface area contributed by atoms with Gasteiger partial charge in [-0.3, -0.25) is 0 Å². The van der Waals surface area contributed by atoms with E-state index < -0.39 is 23.7 Å².